The van der Waals surface area contributed by atoms with Crippen LogP contribution in [0.25, 0.3) is 16.9 Å². The van der Waals surface area contributed by atoms with Crippen molar-refractivity contribution in [2.24, 2.45) is 0 Å². The number of fused-ring (bicyclic) bond motifs is 1. The number of nitrogens with one attached hydrogen (secondary N) is 1. The quantitative estimate of drug-likeness (QED) is 0.522. The minimum absolute atomic E-state index is 0.00607. The van der Waals surface area contributed by atoms with Gasteiger partial charge in [-0.2, -0.15) is 0 Å². The van der Waals surface area contributed by atoms with Gasteiger partial charge in [-0.3, -0.25) is 19.3 Å². The number of benzene rings is 1. The number of nitrogens with zero attached hydrogens (tertiary/aromatic N) is 3. The van der Waals surface area contributed by atoms with Crippen LogP contribution in [0.1, 0.15) is 25.7 Å². The molecule has 8 heteroatoms. The summed E-state index contributed by atoms with van der Waals surface area (Å²) in [5.74, 6) is 0.502. The maximum atomic E-state index is 11.9. The van der Waals surface area contributed by atoms with Gasteiger partial charge in [0.2, 0.25) is 0 Å². The molecule has 2 aromatic heterocycles. The summed E-state index contributed by atoms with van der Waals surface area (Å²) in [6.45, 7) is -0.00607. The molecule has 1 amide bonds. The second-order valence-corrected chi connectivity index (χ2v) is 6.90. The van der Waals surface area contributed by atoms with Crippen molar-refractivity contribution in [3.8, 4) is 17.0 Å². The second kappa shape index (κ2) is 7.67. The van der Waals surface area contributed by atoms with Crippen LogP contribution in [0.5, 0.6) is 5.75 Å². The first kappa shape index (κ1) is 18.0. The first-order valence-corrected chi connectivity index (χ1v) is 9.24. The molecule has 1 N–H and O–H groups in total. The third-order valence-electron chi connectivity index (χ3n) is 4.89. The molecule has 0 unspecified atom stereocenters. The van der Waals surface area contributed by atoms with Crippen LogP contribution >= 0.6 is 0 Å². The first-order valence-electron chi connectivity index (χ1n) is 9.24. The highest BCUT2D eigenvalue weighted by molar-refractivity contribution is 5.77. The van der Waals surface area contributed by atoms with E-state index in [1.54, 1.807) is 28.8 Å². The highest BCUT2D eigenvalue weighted by Crippen LogP contribution is 2.23. The Labute approximate surface area is 161 Å². The molecule has 0 bridgehead atoms. The average Bonchev–Trinajstić information content (AvgIpc) is 3.35. The lowest BCUT2D eigenvalue weighted by atomic mass is 10.2. The number of ether oxygens (including phenoxy) is 1. The number of amides is 1. The highest BCUT2D eigenvalue weighted by Gasteiger charge is 2.17. The molecule has 28 heavy (non-hydrogen) atoms. The van der Waals surface area contributed by atoms with Crippen molar-refractivity contribution in [2.45, 2.75) is 31.7 Å². The number of aromatic nitrogens is 2. The van der Waals surface area contributed by atoms with Crippen LogP contribution in [0.15, 0.2) is 48.8 Å². The molecule has 1 aliphatic rings. The van der Waals surface area contributed by atoms with Crippen LogP contribution in [0.4, 0.5) is 5.69 Å². The van der Waals surface area contributed by atoms with E-state index in [4.69, 9.17) is 4.74 Å². The Kier molecular flexibility index (Phi) is 4.92. The number of carbonyl (C=O) groups is 1. The minimum atomic E-state index is -0.436. The molecular formula is C20H20N4O4. The minimum Gasteiger partial charge on any atom is -0.484 e. The van der Waals surface area contributed by atoms with Crippen molar-refractivity contribution in [3.05, 3.63) is 58.9 Å². The monoisotopic (exact) mass is 380 g/mol. The van der Waals surface area contributed by atoms with Crippen molar-refractivity contribution in [3.63, 3.8) is 0 Å². The van der Waals surface area contributed by atoms with E-state index in [0.717, 1.165) is 18.4 Å². The fourth-order valence-corrected chi connectivity index (χ4v) is 3.44. The predicted octanol–water partition coefficient (Wildman–Crippen LogP) is 3.35. The van der Waals surface area contributed by atoms with Crippen LogP contribution in [0.3, 0.4) is 0 Å². The van der Waals surface area contributed by atoms with Crippen molar-refractivity contribution in [2.75, 3.05) is 6.61 Å². The summed E-state index contributed by atoms with van der Waals surface area (Å²) in [5.41, 5.74) is 2.20. The maximum Gasteiger partial charge on any atom is 0.286 e. The van der Waals surface area contributed by atoms with Gasteiger partial charge in [0.15, 0.2) is 6.61 Å². The third kappa shape index (κ3) is 3.95. The van der Waals surface area contributed by atoms with Crippen molar-refractivity contribution >= 4 is 17.2 Å². The van der Waals surface area contributed by atoms with Crippen molar-refractivity contribution < 1.29 is 14.5 Å². The van der Waals surface area contributed by atoms with E-state index < -0.39 is 4.92 Å². The van der Waals surface area contributed by atoms with Gasteiger partial charge in [0.25, 0.3) is 11.6 Å². The van der Waals surface area contributed by atoms with Crippen LogP contribution in [0, 0.1) is 10.1 Å². The molecule has 8 nitrogen and oxygen atoms in total. The maximum absolute atomic E-state index is 11.9. The molecule has 1 aliphatic carbocycles. The van der Waals surface area contributed by atoms with Gasteiger partial charge in [-0.15, -0.1) is 0 Å². The van der Waals surface area contributed by atoms with E-state index in [1.165, 1.54) is 25.1 Å². The van der Waals surface area contributed by atoms with Crippen LogP contribution in [-0.2, 0) is 4.79 Å². The molecule has 0 spiro atoms. The Morgan fingerprint density at radius 2 is 1.93 bits per heavy atom. The summed E-state index contributed by atoms with van der Waals surface area (Å²) in [5, 5.41) is 13.9. The van der Waals surface area contributed by atoms with Gasteiger partial charge in [-0.1, -0.05) is 12.8 Å². The molecule has 0 saturated heterocycles. The summed E-state index contributed by atoms with van der Waals surface area (Å²) in [6.07, 6.45) is 7.61. The number of hydrogen-bond donors (Lipinski definition) is 1. The third-order valence-corrected chi connectivity index (χ3v) is 4.89. The molecule has 1 aromatic carbocycles. The summed E-state index contributed by atoms with van der Waals surface area (Å²) in [7, 11) is 0. The Morgan fingerprint density at radius 3 is 2.64 bits per heavy atom. The van der Waals surface area contributed by atoms with Gasteiger partial charge in [-0.05, 0) is 43.2 Å². The second-order valence-electron chi connectivity index (χ2n) is 6.90. The number of carbonyl (C=O) groups excluding carboxylic acids is 1. The average molecular weight is 380 g/mol. The molecule has 0 radical (unpaired) electrons. The fourth-order valence-electron chi connectivity index (χ4n) is 3.44. The highest BCUT2D eigenvalue weighted by atomic mass is 16.6. The molecule has 144 valence electrons. The Bertz CT molecular complexity index is 1010. The van der Waals surface area contributed by atoms with Gasteiger partial charge < -0.3 is 10.1 Å². The molecule has 1 saturated carbocycles. The predicted molar refractivity (Wildman–Crippen MR) is 103 cm³/mol. The van der Waals surface area contributed by atoms with Gasteiger partial charge in [0, 0.05) is 23.9 Å². The van der Waals surface area contributed by atoms with E-state index in [9.17, 15) is 14.9 Å². The zero-order valence-corrected chi connectivity index (χ0v) is 15.2. The van der Waals surface area contributed by atoms with Crippen LogP contribution < -0.4 is 10.1 Å². The fraction of sp³-hybridized carbons (Fsp3) is 0.300. The number of hydrogen-bond acceptors (Lipinski definition) is 5. The number of rotatable bonds is 6. The number of pyridine rings is 1. The molecule has 0 atom stereocenters. The topological polar surface area (TPSA) is 98.8 Å². The number of imidazole rings is 1. The summed E-state index contributed by atoms with van der Waals surface area (Å²) in [4.78, 5) is 26.9. The summed E-state index contributed by atoms with van der Waals surface area (Å²) in [6, 6.07) is 10.6. The van der Waals surface area contributed by atoms with Gasteiger partial charge in [-0.25, -0.2) is 4.98 Å². The normalized spacial score (nSPS) is 14.3. The standard InChI is InChI=1S/C20H20N4O4/c25-20(21-15-3-1-2-4-15)13-28-17-8-5-14(6-9-17)18-12-23-11-16(24(26)27)7-10-19(23)22-18/h5-12,15H,1-4,13H2,(H,21,25). The molecule has 3 aromatic rings. The first-order chi connectivity index (χ1) is 13.6. The molecule has 4 rings (SSSR count). The largest absolute Gasteiger partial charge is 0.484 e. The lowest BCUT2D eigenvalue weighted by Gasteiger charge is -2.12. The van der Waals surface area contributed by atoms with E-state index in [1.807, 2.05) is 12.1 Å². The van der Waals surface area contributed by atoms with E-state index in [0.29, 0.717) is 17.1 Å². The van der Waals surface area contributed by atoms with E-state index in [-0.39, 0.29) is 24.2 Å². The lowest BCUT2D eigenvalue weighted by Crippen LogP contribution is -2.36. The van der Waals surface area contributed by atoms with Gasteiger partial charge in [0.1, 0.15) is 11.4 Å². The molecular weight excluding hydrogens is 360 g/mol. The van der Waals surface area contributed by atoms with Crippen LogP contribution in [-0.4, -0.2) is 32.9 Å². The zero-order valence-electron chi connectivity index (χ0n) is 15.2. The van der Waals surface area contributed by atoms with Gasteiger partial charge in [0.05, 0.1) is 16.8 Å². The van der Waals surface area contributed by atoms with Crippen molar-refractivity contribution in [1.82, 2.24) is 14.7 Å². The molecule has 2 heterocycles. The Hall–Kier alpha value is -3.42. The summed E-state index contributed by atoms with van der Waals surface area (Å²) >= 11 is 0. The smallest absolute Gasteiger partial charge is 0.286 e. The Balaban J connectivity index is 1.40. The van der Waals surface area contributed by atoms with E-state index in [2.05, 4.69) is 10.3 Å². The zero-order chi connectivity index (χ0) is 19.5. The number of nitro groups is 1. The molecule has 1 fully saturated rings. The summed E-state index contributed by atoms with van der Waals surface area (Å²) < 4.78 is 7.19. The SMILES string of the molecule is O=C(COc1ccc(-c2cn3cc([N+](=O)[O-])ccc3n2)cc1)NC1CCCC1. The Morgan fingerprint density at radius 1 is 1.18 bits per heavy atom. The molecule has 0 aliphatic heterocycles. The van der Waals surface area contributed by atoms with E-state index >= 15 is 0 Å². The van der Waals surface area contributed by atoms with Crippen LogP contribution in [0.2, 0.25) is 0 Å². The van der Waals surface area contributed by atoms with Crippen molar-refractivity contribution in [1.29, 1.82) is 0 Å². The lowest BCUT2D eigenvalue weighted by molar-refractivity contribution is -0.385. The van der Waals surface area contributed by atoms with Gasteiger partial charge >= 0.3 is 0 Å².